The number of nitrogens with two attached hydrogens (primary N) is 1. The number of Topliss-reactive ketones (excluding diaryl/α,β-unsaturated/α-hetero) is 1. The van der Waals surface area contributed by atoms with E-state index in [9.17, 15) is 9.18 Å². The number of carbonyl (C=O) groups excluding carboxylic acids is 1. The maximum Gasteiger partial charge on any atom is 0.137 e. The maximum absolute atomic E-state index is 13.0. The number of hydrogen-bond acceptors (Lipinski definition) is 2. The molecular weight excluding hydrogens is 273 g/mol. The van der Waals surface area contributed by atoms with Crippen molar-refractivity contribution in [3.05, 3.63) is 34.1 Å². The first-order chi connectivity index (χ1) is 7.51. The Hall–Kier alpha value is -0.740. The fourth-order valence-corrected chi connectivity index (χ4v) is 2.00. The lowest BCUT2D eigenvalue weighted by Gasteiger charge is -2.07. The second kappa shape index (κ2) is 6.11. The molecule has 0 aromatic heterocycles. The smallest absolute Gasteiger partial charge is 0.137 e. The number of ketones is 1. The number of benzene rings is 1. The first-order valence-corrected chi connectivity index (χ1v) is 5.97. The molecular formula is C12H15BrFNO. The van der Waals surface area contributed by atoms with Gasteiger partial charge in [0.1, 0.15) is 11.6 Å². The summed E-state index contributed by atoms with van der Waals surface area (Å²) < 4.78 is 13.7. The Balaban J connectivity index is 2.62. The predicted octanol–water partition coefficient (Wildman–Crippen LogP) is 2.68. The average Bonchev–Trinajstić information content (AvgIpc) is 2.15. The summed E-state index contributed by atoms with van der Waals surface area (Å²) in [5, 5.41) is 0. The molecule has 0 bridgehead atoms. The highest BCUT2D eigenvalue weighted by molar-refractivity contribution is 9.10. The van der Waals surface area contributed by atoms with E-state index in [1.165, 1.54) is 12.1 Å². The number of carbonyl (C=O) groups is 1. The van der Waals surface area contributed by atoms with Gasteiger partial charge in [-0.25, -0.2) is 4.39 Å². The minimum atomic E-state index is -0.330. The molecule has 0 saturated heterocycles. The maximum atomic E-state index is 13.0. The largest absolute Gasteiger partial charge is 0.330 e. The predicted molar refractivity (Wildman–Crippen MR) is 65.6 cm³/mol. The van der Waals surface area contributed by atoms with Gasteiger partial charge in [0, 0.05) is 17.3 Å². The van der Waals surface area contributed by atoms with Gasteiger partial charge in [0.2, 0.25) is 0 Å². The van der Waals surface area contributed by atoms with Gasteiger partial charge in [-0.3, -0.25) is 4.79 Å². The minimum Gasteiger partial charge on any atom is -0.330 e. The summed E-state index contributed by atoms with van der Waals surface area (Å²) in [7, 11) is 0. The van der Waals surface area contributed by atoms with Crippen LogP contribution in [0.2, 0.25) is 0 Å². The van der Waals surface area contributed by atoms with E-state index in [-0.39, 0.29) is 23.9 Å². The van der Waals surface area contributed by atoms with Crippen LogP contribution in [0.5, 0.6) is 0 Å². The lowest BCUT2D eigenvalue weighted by Crippen LogP contribution is -2.16. The summed E-state index contributed by atoms with van der Waals surface area (Å²) in [6.07, 6.45) is 0.714. The van der Waals surface area contributed by atoms with Crippen molar-refractivity contribution in [2.24, 2.45) is 11.7 Å². The van der Waals surface area contributed by atoms with Crippen LogP contribution >= 0.6 is 15.9 Å². The Morgan fingerprint density at radius 2 is 2.19 bits per heavy atom. The van der Waals surface area contributed by atoms with Crippen molar-refractivity contribution in [1.29, 1.82) is 0 Å². The Bertz CT molecular complexity index is 361. The molecule has 0 radical (unpaired) electrons. The van der Waals surface area contributed by atoms with Crippen LogP contribution in [0.4, 0.5) is 4.39 Å². The normalized spacial score (nSPS) is 12.5. The Kier molecular flexibility index (Phi) is 5.09. The molecule has 0 fully saturated rings. The van der Waals surface area contributed by atoms with Gasteiger partial charge in [0.25, 0.3) is 0 Å². The summed E-state index contributed by atoms with van der Waals surface area (Å²) in [5.41, 5.74) is 6.14. The number of hydrogen-bond donors (Lipinski definition) is 1. The van der Waals surface area contributed by atoms with E-state index in [4.69, 9.17) is 5.73 Å². The summed E-state index contributed by atoms with van der Waals surface area (Å²) >= 11 is 3.20. The third kappa shape index (κ3) is 4.41. The Morgan fingerprint density at radius 3 is 2.75 bits per heavy atom. The summed E-state index contributed by atoms with van der Waals surface area (Å²) in [4.78, 5) is 11.6. The van der Waals surface area contributed by atoms with Crippen LogP contribution in [0.1, 0.15) is 18.9 Å². The molecule has 1 atom stereocenters. The lowest BCUT2D eigenvalue weighted by molar-refractivity contribution is -0.119. The van der Waals surface area contributed by atoms with Crippen molar-refractivity contribution in [2.75, 3.05) is 6.54 Å². The zero-order chi connectivity index (χ0) is 12.1. The van der Waals surface area contributed by atoms with Crippen LogP contribution in [0.25, 0.3) is 0 Å². The first kappa shape index (κ1) is 13.3. The SMILES string of the molecule is CC(CN)CC(=O)Cc1cc(F)cc(Br)c1. The van der Waals surface area contributed by atoms with E-state index in [0.29, 0.717) is 23.0 Å². The van der Waals surface area contributed by atoms with Gasteiger partial charge < -0.3 is 5.73 Å². The highest BCUT2D eigenvalue weighted by Crippen LogP contribution is 2.16. The molecule has 1 unspecified atom stereocenters. The molecule has 0 aliphatic carbocycles. The van der Waals surface area contributed by atoms with E-state index >= 15 is 0 Å². The Morgan fingerprint density at radius 1 is 1.50 bits per heavy atom. The molecule has 2 N–H and O–H groups in total. The van der Waals surface area contributed by atoms with Gasteiger partial charge in [-0.2, -0.15) is 0 Å². The molecule has 0 heterocycles. The van der Waals surface area contributed by atoms with Crippen LogP contribution in [-0.2, 0) is 11.2 Å². The minimum absolute atomic E-state index is 0.0930. The van der Waals surface area contributed by atoms with Crippen molar-refractivity contribution < 1.29 is 9.18 Å². The zero-order valence-corrected chi connectivity index (χ0v) is 10.8. The van der Waals surface area contributed by atoms with E-state index in [1.54, 1.807) is 6.07 Å². The van der Waals surface area contributed by atoms with E-state index in [0.717, 1.165) is 0 Å². The standard InChI is InChI=1S/C12H15BrFNO/c1-8(7-15)2-12(16)5-9-3-10(13)6-11(14)4-9/h3-4,6,8H,2,5,7,15H2,1H3. The van der Waals surface area contributed by atoms with Gasteiger partial charge in [0.05, 0.1) is 0 Å². The third-order valence-electron chi connectivity index (χ3n) is 2.30. The van der Waals surface area contributed by atoms with E-state index < -0.39 is 0 Å². The highest BCUT2D eigenvalue weighted by atomic mass is 79.9. The molecule has 0 amide bonds. The van der Waals surface area contributed by atoms with Crippen molar-refractivity contribution in [2.45, 2.75) is 19.8 Å². The molecule has 0 spiro atoms. The summed E-state index contributed by atoms with van der Waals surface area (Å²) in [5.74, 6) is -0.0519. The molecule has 2 nitrogen and oxygen atoms in total. The summed E-state index contributed by atoms with van der Waals surface area (Å²) in [6.45, 7) is 2.43. The highest BCUT2D eigenvalue weighted by Gasteiger charge is 2.09. The van der Waals surface area contributed by atoms with Crippen molar-refractivity contribution in [3.63, 3.8) is 0 Å². The first-order valence-electron chi connectivity index (χ1n) is 5.18. The molecule has 1 aromatic rings. The van der Waals surface area contributed by atoms with Gasteiger partial charge in [-0.15, -0.1) is 0 Å². The van der Waals surface area contributed by atoms with Crippen molar-refractivity contribution >= 4 is 21.7 Å². The fraction of sp³-hybridized carbons (Fsp3) is 0.417. The van der Waals surface area contributed by atoms with Gasteiger partial charge >= 0.3 is 0 Å². The average molecular weight is 288 g/mol. The van der Waals surface area contributed by atoms with E-state index in [2.05, 4.69) is 15.9 Å². The number of rotatable bonds is 5. The molecule has 1 rings (SSSR count). The molecule has 88 valence electrons. The third-order valence-corrected chi connectivity index (χ3v) is 2.76. The second-order valence-corrected chi connectivity index (χ2v) is 4.95. The fourth-order valence-electron chi connectivity index (χ4n) is 1.48. The van der Waals surface area contributed by atoms with Crippen LogP contribution in [0.15, 0.2) is 22.7 Å². The monoisotopic (exact) mass is 287 g/mol. The Labute approximate surface area is 103 Å². The topological polar surface area (TPSA) is 43.1 Å². The molecule has 4 heteroatoms. The van der Waals surface area contributed by atoms with Crippen LogP contribution in [0.3, 0.4) is 0 Å². The van der Waals surface area contributed by atoms with Crippen LogP contribution in [0, 0.1) is 11.7 Å². The zero-order valence-electron chi connectivity index (χ0n) is 9.17. The lowest BCUT2D eigenvalue weighted by atomic mass is 10.00. The van der Waals surface area contributed by atoms with Crippen molar-refractivity contribution in [1.82, 2.24) is 0 Å². The second-order valence-electron chi connectivity index (χ2n) is 4.04. The van der Waals surface area contributed by atoms with Gasteiger partial charge in [-0.05, 0) is 36.2 Å². The van der Waals surface area contributed by atoms with Gasteiger partial charge in [-0.1, -0.05) is 22.9 Å². The van der Waals surface area contributed by atoms with Crippen LogP contribution < -0.4 is 5.73 Å². The molecule has 0 aliphatic heterocycles. The molecule has 0 saturated carbocycles. The summed E-state index contributed by atoms with van der Waals surface area (Å²) in [6, 6.07) is 4.51. The number of halogens is 2. The van der Waals surface area contributed by atoms with Gasteiger partial charge in [0.15, 0.2) is 0 Å². The van der Waals surface area contributed by atoms with Crippen molar-refractivity contribution in [3.8, 4) is 0 Å². The molecule has 1 aromatic carbocycles. The molecule has 0 aliphatic rings. The van der Waals surface area contributed by atoms with E-state index in [1.807, 2.05) is 6.92 Å². The van der Waals surface area contributed by atoms with Crippen LogP contribution in [-0.4, -0.2) is 12.3 Å². The molecule has 16 heavy (non-hydrogen) atoms. The quantitative estimate of drug-likeness (QED) is 0.905.